The molecular formula is C14H9ClF3N5S2. The number of fused-ring (bicyclic) bond motifs is 1. The summed E-state index contributed by atoms with van der Waals surface area (Å²) in [7, 11) is 0. The first-order chi connectivity index (χ1) is 11.5. The predicted octanol–water partition coefficient (Wildman–Crippen LogP) is 5.10. The molecule has 0 saturated carbocycles. The van der Waals surface area contributed by atoms with Crippen molar-refractivity contribution in [2.75, 3.05) is 5.32 Å². The highest BCUT2D eigenvalue weighted by Crippen LogP contribution is 2.35. The summed E-state index contributed by atoms with van der Waals surface area (Å²) in [6, 6.07) is 2.77. The molecule has 11 heteroatoms. The van der Waals surface area contributed by atoms with E-state index in [1.54, 1.807) is 11.6 Å². The molecule has 0 aliphatic rings. The molecule has 4 aromatic heterocycles. The van der Waals surface area contributed by atoms with Gasteiger partial charge in [-0.1, -0.05) is 0 Å². The minimum atomic E-state index is -4.53. The van der Waals surface area contributed by atoms with Crippen LogP contribution in [0.5, 0.6) is 0 Å². The summed E-state index contributed by atoms with van der Waals surface area (Å²) < 4.78 is 40.8. The minimum Gasteiger partial charge on any atom is -0.330 e. The van der Waals surface area contributed by atoms with Gasteiger partial charge in [0.15, 0.2) is 15.8 Å². The Morgan fingerprint density at radius 1 is 1.16 bits per heavy atom. The average Bonchev–Trinajstić information content (AvgIpc) is 3.22. The van der Waals surface area contributed by atoms with Crippen molar-refractivity contribution in [1.29, 1.82) is 0 Å². The van der Waals surface area contributed by atoms with Crippen LogP contribution in [0.15, 0.2) is 41.5 Å². The zero-order valence-electron chi connectivity index (χ0n) is 12.2. The standard InChI is InChI=1S/C14H8F3N5S2.ClH/c15-14(16,17)11-8(2-1-3-18-11)20-12-21-9(7-24-12)10-6-19-13-22(10)4-5-23-13;/h1-7H,(H,20,21);1H. The van der Waals surface area contributed by atoms with E-state index in [4.69, 9.17) is 0 Å². The Kier molecular flexibility index (Phi) is 4.67. The van der Waals surface area contributed by atoms with Gasteiger partial charge < -0.3 is 5.32 Å². The monoisotopic (exact) mass is 403 g/mol. The molecule has 4 heterocycles. The van der Waals surface area contributed by atoms with Gasteiger partial charge >= 0.3 is 6.18 Å². The SMILES string of the molecule is Cl.FC(F)(F)c1ncccc1Nc1nc(-c2cnc3sccn23)cs1. The minimum absolute atomic E-state index is 0. The Labute approximate surface area is 153 Å². The normalized spacial score (nSPS) is 11.5. The summed E-state index contributed by atoms with van der Waals surface area (Å²) in [6.07, 6.45) is 0.145. The molecule has 0 amide bonds. The predicted molar refractivity (Wildman–Crippen MR) is 93.9 cm³/mol. The number of pyridine rings is 1. The number of hydrogen-bond acceptors (Lipinski definition) is 6. The lowest BCUT2D eigenvalue weighted by atomic mass is 10.3. The van der Waals surface area contributed by atoms with Crippen molar-refractivity contribution >= 4 is 50.9 Å². The van der Waals surface area contributed by atoms with Gasteiger partial charge in [-0.25, -0.2) is 15.0 Å². The van der Waals surface area contributed by atoms with Crippen molar-refractivity contribution in [2.45, 2.75) is 6.18 Å². The molecular weight excluding hydrogens is 395 g/mol. The Balaban J connectivity index is 0.00000182. The second kappa shape index (κ2) is 6.62. The summed E-state index contributed by atoms with van der Waals surface area (Å²) in [4.78, 5) is 12.9. The van der Waals surface area contributed by atoms with E-state index in [2.05, 4.69) is 20.3 Å². The quantitative estimate of drug-likeness (QED) is 0.517. The third kappa shape index (κ3) is 3.32. The molecule has 0 radical (unpaired) electrons. The average molecular weight is 404 g/mol. The maximum Gasteiger partial charge on any atom is 0.435 e. The number of thiazole rings is 2. The molecule has 130 valence electrons. The maximum atomic E-state index is 13.0. The van der Waals surface area contributed by atoms with Crippen LogP contribution in [0.25, 0.3) is 16.3 Å². The third-order valence-corrected chi connectivity index (χ3v) is 4.76. The first kappa shape index (κ1) is 17.6. The molecule has 4 aromatic rings. The van der Waals surface area contributed by atoms with Gasteiger partial charge in [0.05, 0.1) is 17.6 Å². The van der Waals surface area contributed by atoms with Crippen molar-refractivity contribution < 1.29 is 13.2 Å². The van der Waals surface area contributed by atoms with Gasteiger partial charge in [-0.05, 0) is 12.1 Å². The van der Waals surface area contributed by atoms with Crippen LogP contribution in [0.2, 0.25) is 0 Å². The van der Waals surface area contributed by atoms with Gasteiger partial charge in [-0.2, -0.15) is 13.2 Å². The summed E-state index contributed by atoms with van der Waals surface area (Å²) in [6.45, 7) is 0. The summed E-state index contributed by atoms with van der Waals surface area (Å²) in [5.74, 6) is 0. The fourth-order valence-corrected chi connectivity index (χ4v) is 3.62. The number of halogens is 4. The molecule has 0 unspecified atom stereocenters. The van der Waals surface area contributed by atoms with Gasteiger partial charge in [0.2, 0.25) is 0 Å². The van der Waals surface area contributed by atoms with Crippen LogP contribution < -0.4 is 5.32 Å². The number of rotatable bonds is 3. The van der Waals surface area contributed by atoms with Crippen molar-refractivity contribution in [2.24, 2.45) is 0 Å². The lowest BCUT2D eigenvalue weighted by Crippen LogP contribution is -2.11. The highest BCUT2D eigenvalue weighted by atomic mass is 35.5. The highest BCUT2D eigenvalue weighted by Gasteiger charge is 2.35. The van der Waals surface area contributed by atoms with Crippen molar-refractivity contribution in [3.8, 4) is 11.4 Å². The van der Waals surface area contributed by atoms with Crippen LogP contribution >= 0.6 is 35.1 Å². The zero-order valence-corrected chi connectivity index (χ0v) is 14.6. The molecule has 0 atom stereocenters. The highest BCUT2D eigenvalue weighted by molar-refractivity contribution is 7.15. The van der Waals surface area contributed by atoms with Crippen LogP contribution in [-0.2, 0) is 6.18 Å². The number of aromatic nitrogens is 4. The first-order valence-electron chi connectivity index (χ1n) is 6.68. The second-order valence-electron chi connectivity index (χ2n) is 4.76. The van der Waals surface area contributed by atoms with Gasteiger partial charge in [-0.15, -0.1) is 35.1 Å². The molecule has 1 N–H and O–H groups in total. The van der Waals surface area contributed by atoms with E-state index in [1.807, 2.05) is 16.0 Å². The van der Waals surface area contributed by atoms with Crippen LogP contribution in [0, 0.1) is 0 Å². The van der Waals surface area contributed by atoms with E-state index in [9.17, 15) is 13.2 Å². The Hall–Kier alpha value is -2.17. The third-order valence-electron chi connectivity index (χ3n) is 3.23. The molecule has 25 heavy (non-hydrogen) atoms. The van der Waals surface area contributed by atoms with Crippen molar-refractivity contribution in [3.05, 3.63) is 47.2 Å². The van der Waals surface area contributed by atoms with E-state index in [0.29, 0.717) is 10.8 Å². The molecule has 0 aliphatic carbocycles. The fraction of sp³-hybridized carbons (Fsp3) is 0.0714. The number of hydrogen-bond donors (Lipinski definition) is 1. The fourth-order valence-electron chi connectivity index (χ4n) is 2.21. The molecule has 0 aromatic carbocycles. The molecule has 0 bridgehead atoms. The lowest BCUT2D eigenvalue weighted by Gasteiger charge is -2.11. The van der Waals surface area contributed by atoms with E-state index in [1.165, 1.54) is 34.8 Å². The number of nitrogens with zero attached hydrogens (tertiary/aromatic N) is 4. The second-order valence-corrected chi connectivity index (χ2v) is 6.49. The van der Waals surface area contributed by atoms with Gasteiger partial charge in [-0.3, -0.25) is 4.40 Å². The Morgan fingerprint density at radius 2 is 2.00 bits per heavy atom. The number of nitrogens with one attached hydrogen (secondary N) is 1. The number of alkyl halides is 3. The van der Waals surface area contributed by atoms with Gasteiger partial charge in [0.1, 0.15) is 5.69 Å². The summed E-state index contributed by atoms with van der Waals surface area (Å²) in [5, 5.41) is 6.73. The van der Waals surface area contributed by atoms with Crippen LogP contribution in [0.1, 0.15) is 5.69 Å². The van der Waals surface area contributed by atoms with Crippen LogP contribution in [0.4, 0.5) is 24.0 Å². The van der Waals surface area contributed by atoms with Crippen molar-refractivity contribution in [3.63, 3.8) is 0 Å². The Bertz CT molecular complexity index is 1010. The number of imidazole rings is 1. The lowest BCUT2D eigenvalue weighted by molar-refractivity contribution is -0.140. The number of anilines is 2. The molecule has 4 rings (SSSR count). The molecule has 0 saturated heterocycles. The van der Waals surface area contributed by atoms with E-state index >= 15 is 0 Å². The smallest absolute Gasteiger partial charge is 0.330 e. The van der Waals surface area contributed by atoms with Crippen molar-refractivity contribution in [1.82, 2.24) is 19.4 Å². The zero-order chi connectivity index (χ0) is 16.7. The molecule has 5 nitrogen and oxygen atoms in total. The Morgan fingerprint density at radius 3 is 2.80 bits per heavy atom. The summed E-state index contributed by atoms with van der Waals surface area (Å²) in [5.41, 5.74) is 0.342. The van der Waals surface area contributed by atoms with E-state index < -0.39 is 11.9 Å². The maximum absolute atomic E-state index is 13.0. The van der Waals surface area contributed by atoms with E-state index in [0.717, 1.165) is 16.9 Å². The first-order valence-corrected chi connectivity index (χ1v) is 8.44. The molecule has 0 spiro atoms. The molecule has 0 fully saturated rings. The van der Waals surface area contributed by atoms with Gasteiger partial charge in [0.25, 0.3) is 0 Å². The van der Waals surface area contributed by atoms with Crippen LogP contribution in [-0.4, -0.2) is 19.4 Å². The largest absolute Gasteiger partial charge is 0.435 e. The molecule has 0 aliphatic heterocycles. The van der Waals surface area contributed by atoms with Crippen LogP contribution in [0.3, 0.4) is 0 Å². The topological polar surface area (TPSA) is 55.1 Å². The van der Waals surface area contributed by atoms with E-state index in [-0.39, 0.29) is 18.1 Å². The summed E-state index contributed by atoms with van der Waals surface area (Å²) >= 11 is 2.71. The van der Waals surface area contributed by atoms with Gasteiger partial charge in [0, 0.05) is 23.2 Å².